The van der Waals surface area contributed by atoms with E-state index in [1.54, 1.807) is 0 Å². The third-order valence-corrected chi connectivity index (χ3v) is 13.6. The molecule has 2 unspecified atom stereocenters. The predicted molar refractivity (Wildman–Crippen MR) is 150 cm³/mol. The van der Waals surface area contributed by atoms with Crippen molar-refractivity contribution in [1.29, 1.82) is 0 Å². The molecule has 0 radical (unpaired) electrons. The largest absolute Gasteiger partial charge is 0.346 e. The van der Waals surface area contributed by atoms with E-state index in [0.717, 1.165) is 57.8 Å². The van der Waals surface area contributed by atoms with Crippen LogP contribution in [0.25, 0.3) is 0 Å². The highest BCUT2D eigenvalue weighted by atomic mass is 17.3. The minimum Gasteiger partial charge on any atom is -0.346 e. The lowest BCUT2D eigenvalue weighted by molar-refractivity contribution is -0.571. The topological polar surface area (TPSA) is 73.8 Å². The molecule has 10 fully saturated rings. The van der Waals surface area contributed by atoms with Gasteiger partial charge in [0.15, 0.2) is 23.8 Å². The van der Waals surface area contributed by atoms with Gasteiger partial charge in [0.05, 0.1) is 12.2 Å². The second-order valence-corrected chi connectivity index (χ2v) is 15.8. The summed E-state index contributed by atoms with van der Waals surface area (Å²) in [5, 5.41) is 0. The summed E-state index contributed by atoms with van der Waals surface area (Å²) in [6.45, 7) is 13.5. The fourth-order valence-electron chi connectivity index (χ4n) is 11.1. The van der Waals surface area contributed by atoms with Gasteiger partial charge in [0.2, 0.25) is 11.6 Å². The van der Waals surface area contributed by atoms with E-state index < -0.39 is 22.8 Å². The normalized spacial score (nSPS) is 61.0. The zero-order valence-corrected chi connectivity index (χ0v) is 26.0. The van der Waals surface area contributed by atoms with E-state index in [9.17, 15) is 0 Å². The van der Waals surface area contributed by atoms with Crippen LogP contribution in [-0.2, 0) is 38.5 Å². The Morgan fingerprint density at radius 3 is 1.44 bits per heavy atom. The van der Waals surface area contributed by atoms with Crippen LogP contribution >= 0.6 is 0 Å². The zero-order valence-electron chi connectivity index (χ0n) is 26.0. The van der Waals surface area contributed by atoms with Gasteiger partial charge in [0.25, 0.3) is 0 Å². The molecule has 4 bridgehead atoms. The van der Waals surface area contributed by atoms with Crippen LogP contribution in [0.4, 0.5) is 0 Å². The van der Waals surface area contributed by atoms with Crippen LogP contribution in [0.15, 0.2) is 0 Å². The molecule has 8 heteroatoms. The van der Waals surface area contributed by atoms with Crippen molar-refractivity contribution in [3.63, 3.8) is 0 Å². The van der Waals surface area contributed by atoms with Crippen LogP contribution in [-0.4, -0.2) is 47.6 Å². The fraction of sp³-hybridized carbons (Fsp3) is 1.00. The quantitative estimate of drug-likeness (QED) is 0.333. The molecule has 0 amide bonds. The van der Waals surface area contributed by atoms with Crippen LogP contribution in [0.5, 0.6) is 0 Å². The molecular weight excluding hydrogens is 524 g/mol. The molecular formula is C33H54O8. The monoisotopic (exact) mass is 579 g/mol. The number of hydrogen-bond acceptors (Lipinski definition) is 8. The van der Waals surface area contributed by atoms with Gasteiger partial charge in [-0.05, 0) is 107 Å². The van der Waals surface area contributed by atoms with Gasteiger partial charge in [-0.2, -0.15) is 0 Å². The van der Waals surface area contributed by atoms with E-state index in [4.69, 9.17) is 38.5 Å². The smallest absolute Gasteiger partial charge is 0.201 e. The van der Waals surface area contributed by atoms with Crippen molar-refractivity contribution >= 4 is 0 Å². The molecule has 0 aromatic heterocycles. The van der Waals surface area contributed by atoms with Gasteiger partial charge >= 0.3 is 0 Å². The second-order valence-electron chi connectivity index (χ2n) is 15.8. The standard InChI is InChI=1S/C33H52O8.H2/c1-18-10-12-24-20(3)26(34-28-32(24)22(18)14-16-30(5,36-28)38-40-32)8-7-9-27-21(4)25-13-11-19(2)23-15-17-31(6)37-29(35-27)33(23,25)41-39-31;/h18-29H,7-17H2,1-6H3;1H/t18-,19-,20-,21-,22+,23+,24+,25+,26?,27?,28-,29-,30-,31-,32-,33-;/m1./s1/i;1+1. The highest BCUT2D eigenvalue weighted by Gasteiger charge is 2.70. The second kappa shape index (κ2) is 9.59. The van der Waals surface area contributed by atoms with Gasteiger partial charge in [0.1, 0.15) is 0 Å². The Labute approximate surface area is 247 Å². The number of hydrogen-bond donors (Lipinski definition) is 0. The third-order valence-electron chi connectivity index (χ3n) is 13.6. The van der Waals surface area contributed by atoms with Crippen molar-refractivity contribution in [3.05, 3.63) is 0 Å². The summed E-state index contributed by atoms with van der Waals surface area (Å²) in [4.78, 5) is 24.7. The lowest BCUT2D eigenvalue weighted by Crippen LogP contribution is -2.70. The van der Waals surface area contributed by atoms with Crippen LogP contribution in [0, 0.1) is 47.3 Å². The SMILES string of the molecule is C[C@@H]1CC[C@H]2[C@@H](C)C(CCCC3O[C@@H]4O[C@@]5(C)CC[C@H]6[C@H](C)CC[C@@H]([C@H]3C)[C@@]46OO5)O[C@@H]3O[C@@]4(C)CC[C@@H]1[C@]32OO4.[2HH]. The van der Waals surface area contributed by atoms with E-state index in [1.807, 2.05) is 13.8 Å². The molecule has 2 aliphatic carbocycles. The van der Waals surface area contributed by atoms with E-state index in [0.29, 0.717) is 47.3 Å². The first kappa shape index (κ1) is 28.2. The summed E-state index contributed by atoms with van der Waals surface area (Å²) in [5.41, 5.74) is -0.968. The van der Waals surface area contributed by atoms with Crippen LogP contribution in [0.2, 0.25) is 0 Å². The van der Waals surface area contributed by atoms with E-state index in [-0.39, 0.29) is 26.2 Å². The number of ether oxygens (including phenoxy) is 4. The van der Waals surface area contributed by atoms with Gasteiger partial charge in [-0.3, -0.25) is 0 Å². The average Bonchev–Trinajstić information content (AvgIpc) is 3.31. The summed E-state index contributed by atoms with van der Waals surface area (Å²) in [5.74, 6) is 2.08. The van der Waals surface area contributed by atoms with Crippen molar-refractivity contribution < 1.29 is 39.9 Å². The average molecular weight is 580 g/mol. The van der Waals surface area contributed by atoms with Crippen molar-refractivity contribution in [1.82, 2.24) is 0 Å². The summed E-state index contributed by atoms with van der Waals surface area (Å²) in [6.07, 6.45) is 11.2. The maximum atomic E-state index is 6.88. The van der Waals surface area contributed by atoms with Crippen LogP contribution in [0.1, 0.15) is 114 Å². The molecule has 8 aliphatic heterocycles. The number of fused-ring (bicyclic) bond motifs is 4. The lowest BCUT2D eigenvalue weighted by atomic mass is 9.57. The summed E-state index contributed by atoms with van der Waals surface area (Å²) < 4.78 is 26.9. The Bertz CT molecular complexity index is 954. The predicted octanol–water partition coefficient (Wildman–Crippen LogP) is 6.90. The number of rotatable bonds is 4. The lowest BCUT2D eigenvalue weighted by Gasteiger charge is -2.61. The van der Waals surface area contributed by atoms with Crippen molar-refractivity contribution in [3.8, 4) is 0 Å². The summed E-state index contributed by atoms with van der Waals surface area (Å²) in [7, 11) is 0. The van der Waals surface area contributed by atoms with Gasteiger partial charge in [-0.1, -0.05) is 27.7 Å². The molecule has 10 rings (SSSR count). The molecule has 8 nitrogen and oxygen atoms in total. The molecule has 0 aromatic rings. The van der Waals surface area contributed by atoms with Gasteiger partial charge < -0.3 is 18.9 Å². The third kappa shape index (κ3) is 3.93. The summed E-state index contributed by atoms with van der Waals surface area (Å²) in [6, 6.07) is 0. The first-order chi connectivity index (χ1) is 19.6. The molecule has 234 valence electrons. The van der Waals surface area contributed by atoms with E-state index in [2.05, 4.69) is 27.7 Å². The van der Waals surface area contributed by atoms with Gasteiger partial charge in [0, 0.05) is 26.1 Å². The van der Waals surface area contributed by atoms with Crippen molar-refractivity contribution in [2.75, 3.05) is 0 Å². The Morgan fingerprint density at radius 1 is 0.561 bits per heavy atom. The minimum atomic E-state index is -0.722. The highest BCUT2D eigenvalue weighted by Crippen LogP contribution is 2.62. The van der Waals surface area contributed by atoms with E-state index in [1.165, 1.54) is 12.8 Å². The van der Waals surface area contributed by atoms with Gasteiger partial charge in [-0.25, -0.2) is 19.6 Å². The summed E-state index contributed by atoms with van der Waals surface area (Å²) >= 11 is 0. The first-order valence-electron chi connectivity index (χ1n) is 17.0. The molecule has 16 atom stereocenters. The fourth-order valence-corrected chi connectivity index (χ4v) is 11.1. The molecule has 0 N–H and O–H groups in total. The molecule has 2 saturated carbocycles. The molecule has 2 spiro atoms. The maximum absolute atomic E-state index is 6.88. The Kier molecular flexibility index (Phi) is 6.59. The van der Waals surface area contributed by atoms with Crippen LogP contribution in [0.3, 0.4) is 0 Å². The maximum Gasteiger partial charge on any atom is 0.201 e. The Hall–Kier alpha value is -0.320. The Morgan fingerprint density at radius 2 is 1.00 bits per heavy atom. The Balaban J connectivity index is 0.00000288. The molecule has 0 aromatic carbocycles. The van der Waals surface area contributed by atoms with E-state index >= 15 is 0 Å². The molecule has 10 aliphatic rings. The minimum absolute atomic E-state index is 0. The molecule has 8 heterocycles. The van der Waals surface area contributed by atoms with Gasteiger partial charge in [-0.15, -0.1) is 0 Å². The van der Waals surface area contributed by atoms with Crippen LogP contribution < -0.4 is 0 Å². The van der Waals surface area contributed by atoms with Crippen molar-refractivity contribution in [2.24, 2.45) is 47.3 Å². The van der Waals surface area contributed by atoms with Crippen molar-refractivity contribution in [2.45, 2.75) is 160 Å². The molecule has 41 heavy (non-hydrogen) atoms. The molecule has 8 saturated heterocycles. The zero-order chi connectivity index (χ0) is 28.4. The highest BCUT2D eigenvalue weighted by molar-refractivity contribution is 5.11. The first-order valence-corrected chi connectivity index (χ1v) is 17.0.